The standard InChI is InChI=1S/C13H22N4O/c1-9(2)11-12(17-14)15-8-16-13(11)18-10-6-4-3-5-7-10/h8-10H,3-7,14H2,1-2H3,(H,15,16,17). The predicted molar refractivity (Wildman–Crippen MR) is 71.4 cm³/mol. The Balaban J connectivity index is 2.20. The molecule has 1 fully saturated rings. The van der Waals surface area contributed by atoms with E-state index in [2.05, 4.69) is 29.2 Å². The summed E-state index contributed by atoms with van der Waals surface area (Å²) in [5.41, 5.74) is 3.59. The van der Waals surface area contributed by atoms with Crippen LogP contribution in [-0.4, -0.2) is 16.1 Å². The smallest absolute Gasteiger partial charge is 0.222 e. The van der Waals surface area contributed by atoms with Crippen LogP contribution in [0.2, 0.25) is 0 Å². The number of nitrogen functional groups attached to an aromatic ring is 1. The SMILES string of the molecule is CC(C)c1c(NN)ncnc1OC1CCCCC1. The normalized spacial score (nSPS) is 16.9. The Bertz CT molecular complexity index is 389. The molecule has 0 spiro atoms. The van der Waals surface area contributed by atoms with Gasteiger partial charge in [-0.25, -0.2) is 15.8 Å². The van der Waals surface area contributed by atoms with E-state index < -0.39 is 0 Å². The lowest BCUT2D eigenvalue weighted by atomic mass is 9.97. The number of hydrogen-bond acceptors (Lipinski definition) is 5. The average molecular weight is 250 g/mol. The molecule has 0 aliphatic heterocycles. The van der Waals surface area contributed by atoms with E-state index in [0.29, 0.717) is 11.7 Å². The Morgan fingerprint density at radius 1 is 1.28 bits per heavy atom. The summed E-state index contributed by atoms with van der Waals surface area (Å²) in [5, 5.41) is 0. The molecule has 18 heavy (non-hydrogen) atoms. The predicted octanol–water partition coefficient (Wildman–Crippen LogP) is 2.60. The topological polar surface area (TPSA) is 73.1 Å². The highest BCUT2D eigenvalue weighted by atomic mass is 16.5. The fraction of sp³-hybridized carbons (Fsp3) is 0.692. The number of nitrogens with one attached hydrogen (secondary N) is 1. The van der Waals surface area contributed by atoms with Crippen LogP contribution >= 0.6 is 0 Å². The zero-order valence-corrected chi connectivity index (χ0v) is 11.1. The summed E-state index contributed by atoms with van der Waals surface area (Å²) >= 11 is 0. The Morgan fingerprint density at radius 2 is 2.00 bits per heavy atom. The van der Waals surface area contributed by atoms with Crippen LogP contribution in [0.25, 0.3) is 0 Å². The maximum absolute atomic E-state index is 6.04. The number of ether oxygens (including phenoxy) is 1. The number of hydrogen-bond donors (Lipinski definition) is 2. The van der Waals surface area contributed by atoms with E-state index in [-0.39, 0.29) is 12.0 Å². The summed E-state index contributed by atoms with van der Waals surface area (Å²) in [5.74, 6) is 7.11. The fourth-order valence-electron chi connectivity index (χ4n) is 2.45. The lowest BCUT2D eigenvalue weighted by Crippen LogP contribution is -2.22. The van der Waals surface area contributed by atoms with Crippen molar-refractivity contribution in [1.29, 1.82) is 0 Å². The van der Waals surface area contributed by atoms with Crippen molar-refractivity contribution in [2.45, 2.75) is 58.0 Å². The molecular weight excluding hydrogens is 228 g/mol. The van der Waals surface area contributed by atoms with Crippen LogP contribution in [0.15, 0.2) is 6.33 Å². The molecule has 0 unspecified atom stereocenters. The molecule has 0 atom stereocenters. The molecule has 2 rings (SSSR count). The molecule has 1 aliphatic rings. The van der Waals surface area contributed by atoms with Gasteiger partial charge in [-0.2, -0.15) is 0 Å². The van der Waals surface area contributed by atoms with E-state index in [1.807, 2.05) is 0 Å². The molecule has 1 saturated carbocycles. The van der Waals surface area contributed by atoms with Gasteiger partial charge in [-0.3, -0.25) is 0 Å². The van der Waals surface area contributed by atoms with Gasteiger partial charge in [0.15, 0.2) is 5.82 Å². The Labute approximate surface area is 108 Å². The summed E-state index contributed by atoms with van der Waals surface area (Å²) in [6.45, 7) is 4.18. The fourth-order valence-corrected chi connectivity index (χ4v) is 2.45. The van der Waals surface area contributed by atoms with Crippen LogP contribution in [0.3, 0.4) is 0 Å². The van der Waals surface area contributed by atoms with Crippen molar-refractivity contribution in [3.63, 3.8) is 0 Å². The number of anilines is 1. The van der Waals surface area contributed by atoms with Gasteiger partial charge in [0, 0.05) is 0 Å². The van der Waals surface area contributed by atoms with Gasteiger partial charge in [0.25, 0.3) is 0 Å². The number of nitrogens with two attached hydrogens (primary N) is 1. The summed E-state index contributed by atoms with van der Waals surface area (Å²) in [4.78, 5) is 8.42. The third kappa shape index (κ3) is 2.90. The number of aromatic nitrogens is 2. The molecule has 0 radical (unpaired) electrons. The van der Waals surface area contributed by atoms with Crippen molar-refractivity contribution < 1.29 is 4.74 Å². The highest BCUT2D eigenvalue weighted by Gasteiger charge is 2.20. The molecule has 5 nitrogen and oxygen atoms in total. The summed E-state index contributed by atoms with van der Waals surface area (Å²) < 4.78 is 6.04. The Kier molecular flexibility index (Phi) is 4.36. The molecule has 1 aromatic rings. The first-order valence-corrected chi connectivity index (χ1v) is 6.70. The van der Waals surface area contributed by atoms with E-state index >= 15 is 0 Å². The van der Waals surface area contributed by atoms with Crippen LogP contribution in [0.1, 0.15) is 57.4 Å². The van der Waals surface area contributed by atoms with E-state index in [0.717, 1.165) is 18.4 Å². The minimum atomic E-state index is 0.274. The van der Waals surface area contributed by atoms with Crippen molar-refractivity contribution in [2.75, 3.05) is 5.43 Å². The first kappa shape index (κ1) is 13.1. The Morgan fingerprint density at radius 3 is 2.61 bits per heavy atom. The molecule has 1 aliphatic carbocycles. The maximum atomic E-state index is 6.04. The molecule has 0 bridgehead atoms. The van der Waals surface area contributed by atoms with Crippen LogP contribution in [-0.2, 0) is 0 Å². The molecule has 0 aromatic carbocycles. The number of rotatable bonds is 4. The van der Waals surface area contributed by atoms with Crippen LogP contribution in [0.5, 0.6) is 5.88 Å². The lowest BCUT2D eigenvalue weighted by Gasteiger charge is -2.24. The van der Waals surface area contributed by atoms with E-state index in [9.17, 15) is 0 Å². The molecular formula is C13H22N4O. The summed E-state index contributed by atoms with van der Waals surface area (Å²) in [6.07, 6.45) is 7.83. The second-order valence-corrected chi connectivity index (χ2v) is 5.12. The van der Waals surface area contributed by atoms with Gasteiger partial charge in [-0.1, -0.05) is 20.3 Å². The van der Waals surface area contributed by atoms with Gasteiger partial charge in [-0.05, 0) is 31.6 Å². The first-order chi connectivity index (χ1) is 8.72. The number of hydrazine groups is 1. The third-order valence-electron chi connectivity index (χ3n) is 3.39. The van der Waals surface area contributed by atoms with Crippen LogP contribution < -0.4 is 16.0 Å². The summed E-state index contributed by atoms with van der Waals surface area (Å²) in [7, 11) is 0. The minimum absolute atomic E-state index is 0.274. The van der Waals surface area contributed by atoms with E-state index in [4.69, 9.17) is 10.6 Å². The van der Waals surface area contributed by atoms with Gasteiger partial charge in [-0.15, -0.1) is 0 Å². The van der Waals surface area contributed by atoms with Gasteiger partial charge in [0.2, 0.25) is 5.88 Å². The molecule has 100 valence electrons. The van der Waals surface area contributed by atoms with Crippen molar-refractivity contribution in [3.8, 4) is 5.88 Å². The van der Waals surface area contributed by atoms with Crippen molar-refractivity contribution in [3.05, 3.63) is 11.9 Å². The lowest BCUT2D eigenvalue weighted by molar-refractivity contribution is 0.146. The maximum Gasteiger partial charge on any atom is 0.222 e. The summed E-state index contributed by atoms with van der Waals surface area (Å²) in [6, 6.07) is 0. The second kappa shape index (κ2) is 6.00. The Hall–Kier alpha value is -1.36. The first-order valence-electron chi connectivity index (χ1n) is 6.70. The average Bonchev–Trinajstić information content (AvgIpc) is 2.39. The van der Waals surface area contributed by atoms with E-state index in [1.165, 1.54) is 25.6 Å². The van der Waals surface area contributed by atoms with Crippen LogP contribution in [0.4, 0.5) is 5.82 Å². The number of nitrogens with zero attached hydrogens (tertiary/aromatic N) is 2. The molecule has 1 aromatic heterocycles. The molecule has 1 heterocycles. The zero-order chi connectivity index (χ0) is 13.0. The molecule has 0 amide bonds. The van der Waals surface area contributed by atoms with Crippen molar-refractivity contribution in [2.24, 2.45) is 5.84 Å². The highest BCUT2D eigenvalue weighted by Crippen LogP contribution is 2.32. The van der Waals surface area contributed by atoms with Gasteiger partial charge >= 0.3 is 0 Å². The quantitative estimate of drug-likeness (QED) is 0.634. The highest BCUT2D eigenvalue weighted by molar-refractivity contribution is 5.49. The second-order valence-electron chi connectivity index (χ2n) is 5.12. The van der Waals surface area contributed by atoms with Crippen molar-refractivity contribution in [1.82, 2.24) is 9.97 Å². The van der Waals surface area contributed by atoms with Crippen LogP contribution in [0, 0.1) is 0 Å². The molecule has 3 N–H and O–H groups in total. The van der Waals surface area contributed by atoms with Gasteiger partial charge in [0.05, 0.1) is 5.56 Å². The van der Waals surface area contributed by atoms with Crippen molar-refractivity contribution >= 4 is 5.82 Å². The molecule has 5 heteroatoms. The largest absolute Gasteiger partial charge is 0.474 e. The van der Waals surface area contributed by atoms with E-state index in [1.54, 1.807) is 0 Å². The zero-order valence-electron chi connectivity index (χ0n) is 11.1. The van der Waals surface area contributed by atoms with Gasteiger partial charge < -0.3 is 10.2 Å². The van der Waals surface area contributed by atoms with Gasteiger partial charge in [0.1, 0.15) is 12.4 Å². The minimum Gasteiger partial charge on any atom is -0.474 e. The molecule has 0 saturated heterocycles. The third-order valence-corrected chi connectivity index (χ3v) is 3.39. The monoisotopic (exact) mass is 250 g/mol.